The number of ether oxygens (including phenoxy) is 1. The summed E-state index contributed by atoms with van der Waals surface area (Å²) in [5.41, 5.74) is 5.00. The van der Waals surface area contributed by atoms with Crippen molar-refractivity contribution in [1.29, 1.82) is 0 Å². The van der Waals surface area contributed by atoms with Crippen molar-refractivity contribution in [1.82, 2.24) is 24.5 Å². The number of hydrogen-bond acceptors (Lipinski definition) is 8. The first kappa shape index (κ1) is 34.4. The molecule has 3 saturated carbocycles. The van der Waals surface area contributed by atoms with E-state index in [4.69, 9.17) is 36.3 Å². The number of nitrogens with zero attached hydrogens (tertiary/aromatic N) is 5. The number of thiophene rings is 1. The number of aromatic nitrogens is 5. The molecule has 2 bridgehead atoms. The molecule has 4 heterocycles. The van der Waals surface area contributed by atoms with Gasteiger partial charge in [-0.3, -0.25) is 4.79 Å². The van der Waals surface area contributed by atoms with E-state index in [-0.39, 0.29) is 23.1 Å². The molecule has 3 aliphatic rings. The topological polar surface area (TPSA) is 94.8 Å². The largest absolute Gasteiger partial charge is 0.466 e. The van der Waals surface area contributed by atoms with E-state index in [1.54, 1.807) is 17.5 Å². The molecule has 7 aromatic rings. The molecule has 0 saturated heterocycles. The minimum Gasteiger partial charge on any atom is -0.466 e. The number of hydrogen-bond donors (Lipinski definition) is 1. The van der Waals surface area contributed by atoms with Crippen LogP contribution in [0.4, 0.5) is 5.82 Å². The van der Waals surface area contributed by atoms with Gasteiger partial charge < -0.3 is 14.6 Å². The van der Waals surface area contributed by atoms with Gasteiger partial charge in [0.1, 0.15) is 22.0 Å². The summed E-state index contributed by atoms with van der Waals surface area (Å²) in [7, 11) is 0. The van der Waals surface area contributed by atoms with Crippen LogP contribution >= 0.6 is 22.9 Å². The molecule has 0 spiro atoms. The first-order chi connectivity index (χ1) is 26.5. The van der Waals surface area contributed by atoms with Crippen molar-refractivity contribution >= 4 is 45.9 Å². The van der Waals surface area contributed by atoms with Gasteiger partial charge in [-0.15, -0.1) is 11.3 Å². The third kappa shape index (κ3) is 5.96. The lowest BCUT2D eigenvalue weighted by atomic mass is 9.61. The lowest BCUT2D eigenvalue weighted by molar-refractivity contribution is -0.154. The van der Waals surface area contributed by atoms with Crippen molar-refractivity contribution in [3.63, 3.8) is 0 Å². The minimum absolute atomic E-state index is 0.0899. The third-order valence-corrected chi connectivity index (χ3v) is 12.3. The fourth-order valence-corrected chi connectivity index (χ4v) is 9.76. The van der Waals surface area contributed by atoms with Crippen LogP contribution in [0.15, 0.2) is 127 Å². The van der Waals surface area contributed by atoms with Crippen LogP contribution in [-0.2, 0) is 15.1 Å². The standard InChI is InChI=1S/C44H39ClN6O2S/c1-2-53-43(52)38-28-20-22-29(23-21-28)39(38)49-37-25-34(35-19-12-24-54-35)47-41(50-37)33-27-51(42-40(33)48-36(45)26-46-42)44(30-13-6-3-7-14-30,31-15-8-4-9-16-31)32-17-10-5-11-18-32/h3-19,24-29,38-39H,2,20-23H2,1H3,(H,47,49,50)/t28?,29?,38-,39-/m1/s1. The van der Waals surface area contributed by atoms with Gasteiger partial charge in [0.2, 0.25) is 0 Å². The van der Waals surface area contributed by atoms with E-state index in [0.29, 0.717) is 46.8 Å². The average molecular weight is 751 g/mol. The predicted octanol–water partition coefficient (Wildman–Crippen LogP) is 9.89. The monoisotopic (exact) mass is 750 g/mol. The molecule has 0 aliphatic heterocycles. The Morgan fingerprint density at radius 3 is 2.07 bits per heavy atom. The summed E-state index contributed by atoms with van der Waals surface area (Å²) < 4.78 is 7.84. The van der Waals surface area contributed by atoms with Gasteiger partial charge in [0.25, 0.3) is 0 Å². The van der Waals surface area contributed by atoms with Gasteiger partial charge in [-0.05, 0) is 72.6 Å². The lowest BCUT2D eigenvalue weighted by Gasteiger charge is -2.47. The van der Waals surface area contributed by atoms with E-state index < -0.39 is 5.54 Å². The Morgan fingerprint density at radius 2 is 1.48 bits per heavy atom. The van der Waals surface area contributed by atoms with Crippen molar-refractivity contribution in [2.75, 3.05) is 11.9 Å². The van der Waals surface area contributed by atoms with E-state index in [2.05, 4.69) is 94.9 Å². The van der Waals surface area contributed by atoms with Crippen LogP contribution in [0.25, 0.3) is 33.1 Å². The molecule has 1 N–H and O–H groups in total. The fourth-order valence-electron chi connectivity index (χ4n) is 8.94. The highest BCUT2D eigenvalue weighted by Gasteiger charge is 2.48. The molecule has 2 atom stereocenters. The first-order valence-corrected chi connectivity index (χ1v) is 19.9. The quantitative estimate of drug-likeness (QED) is 0.110. The number of fused-ring (bicyclic) bond motifs is 4. The Labute approximate surface area is 323 Å². The summed E-state index contributed by atoms with van der Waals surface area (Å²) in [6.07, 6.45) is 7.93. The summed E-state index contributed by atoms with van der Waals surface area (Å²) in [5.74, 6) is 1.44. The van der Waals surface area contributed by atoms with E-state index >= 15 is 0 Å². The average Bonchev–Trinajstić information content (AvgIpc) is 3.90. The van der Waals surface area contributed by atoms with Gasteiger partial charge in [-0.2, -0.15) is 0 Å². The second-order valence-electron chi connectivity index (χ2n) is 14.1. The maximum atomic E-state index is 13.4. The number of anilines is 1. The highest BCUT2D eigenvalue weighted by atomic mass is 35.5. The Kier molecular flexibility index (Phi) is 9.21. The van der Waals surface area contributed by atoms with Crippen molar-refractivity contribution in [2.24, 2.45) is 17.8 Å². The van der Waals surface area contributed by atoms with Gasteiger partial charge in [0.05, 0.1) is 34.9 Å². The number of carbonyl (C=O) groups is 1. The Morgan fingerprint density at radius 1 is 0.852 bits per heavy atom. The molecule has 4 aromatic heterocycles. The molecule has 10 rings (SSSR count). The second kappa shape index (κ2) is 14.5. The van der Waals surface area contributed by atoms with Crippen LogP contribution in [0.3, 0.4) is 0 Å². The predicted molar refractivity (Wildman–Crippen MR) is 214 cm³/mol. The number of rotatable bonds is 10. The molecule has 10 heteroatoms. The summed E-state index contributed by atoms with van der Waals surface area (Å²) in [4.78, 5) is 34.8. The fraction of sp³-hybridized carbons (Fsp3) is 0.250. The second-order valence-corrected chi connectivity index (χ2v) is 15.5. The number of halogens is 1. The maximum absolute atomic E-state index is 13.4. The molecule has 0 amide bonds. The minimum atomic E-state index is -0.858. The van der Waals surface area contributed by atoms with Gasteiger partial charge >= 0.3 is 5.97 Å². The smallest absolute Gasteiger partial charge is 0.311 e. The first-order valence-electron chi connectivity index (χ1n) is 18.6. The molecular weight excluding hydrogens is 712 g/mol. The Balaban J connectivity index is 1.28. The molecule has 3 fully saturated rings. The number of nitrogens with one attached hydrogen (secondary N) is 1. The number of benzene rings is 3. The van der Waals surface area contributed by atoms with Crippen molar-refractivity contribution in [2.45, 2.75) is 44.2 Å². The van der Waals surface area contributed by atoms with Crippen LogP contribution in [0.2, 0.25) is 5.15 Å². The summed E-state index contributed by atoms with van der Waals surface area (Å²) in [6.45, 7) is 2.24. The summed E-state index contributed by atoms with van der Waals surface area (Å²) in [6, 6.07) is 37.4. The van der Waals surface area contributed by atoms with Crippen molar-refractivity contribution < 1.29 is 9.53 Å². The van der Waals surface area contributed by atoms with E-state index in [1.165, 1.54) is 0 Å². The molecular formula is C44H39ClN6O2S. The van der Waals surface area contributed by atoms with Gasteiger partial charge in [-0.25, -0.2) is 19.9 Å². The third-order valence-electron chi connectivity index (χ3n) is 11.2. The molecule has 8 nitrogen and oxygen atoms in total. The number of esters is 1. The summed E-state index contributed by atoms with van der Waals surface area (Å²) >= 11 is 8.27. The molecule has 0 unspecified atom stereocenters. The molecule has 3 aliphatic carbocycles. The van der Waals surface area contributed by atoms with Gasteiger partial charge in [0, 0.05) is 18.3 Å². The van der Waals surface area contributed by atoms with Crippen LogP contribution < -0.4 is 5.32 Å². The van der Waals surface area contributed by atoms with Crippen molar-refractivity contribution in [3.05, 3.63) is 149 Å². The van der Waals surface area contributed by atoms with E-state index in [9.17, 15) is 4.79 Å². The number of carbonyl (C=O) groups excluding carboxylic acids is 1. The molecule has 0 radical (unpaired) electrons. The van der Waals surface area contributed by atoms with E-state index in [0.717, 1.165) is 52.9 Å². The normalized spacial score (nSPS) is 19.5. The van der Waals surface area contributed by atoms with Crippen molar-refractivity contribution in [3.8, 4) is 22.0 Å². The van der Waals surface area contributed by atoms with Crippen LogP contribution in [0.1, 0.15) is 49.3 Å². The van der Waals surface area contributed by atoms with Crippen LogP contribution in [0.5, 0.6) is 0 Å². The van der Waals surface area contributed by atoms with Crippen LogP contribution in [-0.4, -0.2) is 43.1 Å². The van der Waals surface area contributed by atoms with Gasteiger partial charge in [-0.1, -0.05) is 109 Å². The zero-order valence-corrected chi connectivity index (χ0v) is 31.4. The Bertz CT molecular complexity index is 2300. The van der Waals surface area contributed by atoms with E-state index in [1.807, 2.05) is 42.6 Å². The lowest BCUT2D eigenvalue weighted by Crippen LogP contribution is -2.52. The highest BCUT2D eigenvalue weighted by Crippen LogP contribution is 2.48. The summed E-state index contributed by atoms with van der Waals surface area (Å²) in [5, 5.41) is 6.09. The zero-order valence-electron chi connectivity index (χ0n) is 29.8. The molecule has 270 valence electrons. The molecule has 3 aromatic carbocycles. The highest BCUT2D eigenvalue weighted by molar-refractivity contribution is 7.13. The maximum Gasteiger partial charge on any atom is 0.311 e. The zero-order chi connectivity index (χ0) is 36.6. The SMILES string of the molecule is CCOC(=O)[C@@H]1C2CCC(CC2)[C@H]1Nc1cc(-c2cccs2)nc(-c2cn(C(c3ccccc3)(c3ccccc3)c3ccccc3)c3ncc(Cl)nc23)n1. The molecule has 54 heavy (non-hydrogen) atoms. The van der Waals surface area contributed by atoms with Gasteiger partial charge in [0.15, 0.2) is 11.5 Å². The Hall–Kier alpha value is -5.38. The van der Waals surface area contributed by atoms with Crippen LogP contribution in [0, 0.1) is 17.8 Å².